The second-order valence-electron chi connectivity index (χ2n) is 4.14. The van der Waals surface area contributed by atoms with E-state index in [2.05, 4.69) is 6.92 Å². The van der Waals surface area contributed by atoms with Crippen molar-refractivity contribution in [3.05, 3.63) is 0 Å². The van der Waals surface area contributed by atoms with E-state index in [1.807, 2.05) is 6.92 Å². The predicted octanol–water partition coefficient (Wildman–Crippen LogP) is 2.68. The summed E-state index contributed by atoms with van der Waals surface area (Å²) in [5, 5.41) is 9.11. The molecule has 1 aliphatic rings. The topological polar surface area (TPSA) is 37.3 Å². The molecular formula is C10H18O2. The third kappa shape index (κ3) is 1.62. The molecule has 2 nitrogen and oxygen atoms in total. The van der Waals surface area contributed by atoms with Crippen molar-refractivity contribution in [2.45, 2.75) is 46.0 Å². The van der Waals surface area contributed by atoms with Crippen LogP contribution < -0.4 is 0 Å². The normalized spacial score (nSPS) is 36.3. The van der Waals surface area contributed by atoms with Gasteiger partial charge in [-0.1, -0.05) is 26.7 Å². The molecule has 2 heteroatoms. The standard InChI is InChI=1S/C10H18O2/c1-3-10(9(11)12)6-4-5-8(2)7-10/h8H,3-7H2,1-2H3,(H,11,12). The zero-order valence-corrected chi connectivity index (χ0v) is 7.97. The molecular weight excluding hydrogens is 152 g/mol. The van der Waals surface area contributed by atoms with E-state index in [1.54, 1.807) is 0 Å². The Labute approximate surface area is 74.0 Å². The van der Waals surface area contributed by atoms with Crippen molar-refractivity contribution in [2.75, 3.05) is 0 Å². The van der Waals surface area contributed by atoms with E-state index >= 15 is 0 Å². The van der Waals surface area contributed by atoms with Crippen molar-refractivity contribution in [3.8, 4) is 0 Å². The molecule has 0 saturated heterocycles. The lowest BCUT2D eigenvalue weighted by Crippen LogP contribution is -2.35. The maximum atomic E-state index is 11.1. The predicted molar refractivity (Wildman–Crippen MR) is 48.0 cm³/mol. The highest BCUT2D eigenvalue weighted by atomic mass is 16.4. The van der Waals surface area contributed by atoms with Gasteiger partial charge in [-0.05, 0) is 25.2 Å². The van der Waals surface area contributed by atoms with Crippen LogP contribution in [-0.2, 0) is 4.79 Å². The summed E-state index contributed by atoms with van der Waals surface area (Å²) in [7, 11) is 0. The van der Waals surface area contributed by atoms with Crippen LogP contribution in [0.15, 0.2) is 0 Å². The number of hydrogen-bond donors (Lipinski definition) is 1. The molecule has 2 unspecified atom stereocenters. The second-order valence-corrected chi connectivity index (χ2v) is 4.14. The monoisotopic (exact) mass is 170 g/mol. The van der Waals surface area contributed by atoms with Crippen molar-refractivity contribution in [3.63, 3.8) is 0 Å². The van der Waals surface area contributed by atoms with Crippen LogP contribution in [0.3, 0.4) is 0 Å². The van der Waals surface area contributed by atoms with Gasteiger partial charge in [-0.15, -0.1) is 0 Å². The lowest BCUT2D eigenvalue weighted by Gasteiger charge is -2.35. The van der Waals surface area contributed by atoms with Gasteiger partial charge in [0.2, 0.25) is 0 Å². The number of carboxylic acid groups (broad SMARTS) is 1. The van der Waals surface area contributed by atoms with Crippen LogP contribution in [0.25, 0.3) is 0 Å². The molecule has 1 N–H and O–H groups in total. The van der Waals surface area contributed by atoms with E-state index < -0.39 is 11.4 Å². The Morgan fingerprint density at radius 3 is 2.67 bits per heavy atom. The van der Waals surface area contributed by atoms with Crippen molar-refractivity contribution < 1.29 is 9.90 Å². The summed E-state index contributed by atoms with van der Waals surface area (Å²) in [6, 6.07) is 0. The van der Waals surface area contributed by atoms with Gasteiger partial charge in [0.05, 0.1) is 5.41 Å². The molecule has 12 heavy (non-hydrogen) atoms. The quantitative estimate of drug-likeness (QED) is 0.691. The van der Waals surface area contributed by atoms with Crippen molar-refractivity contribution in [1.29, 1.82) is 0 Å². The molecule has 0 aromatic heterocycles. The van der Waals surface area contributed by atoms with Gasteiger partial charge >= 0.3 is 5.97 Å². The van der Waals surface area contributed by atoms with Gasteiger partial charge in [0.25, 0.3) is 0 Å². The largest absolute Gasteiger partial charge is 0.481 e. The number of carbonyl (C=O) groups is 1. The second kappa shape index (κ2) is 3.46. The summed E-state index contributed by atoms with van der Waals surface area (Å²) in [6.07, 6.45) is 4.82. The number of hydrogen-bond acceptors (Lipinski definition) is 1. The van der Waals surface area contributed by atoms with Crippen LogP contribution in [0.4, 0.5) is 0 Å². The zero-order chi connectivity index (χ0) is 9.19. The fraction of sp³-hybridized carbons (Fsp3) is 0.900. The average molecular weight is 170 g/mol. The van der Waals surface area contributed by atoms with Crippen LogP contribution in [0, 0.1) is 11.3 Å². The van der Waals surface area contributed by atoms with Gasteiger partial charge in [0.1, 0.15) is 0 Å². The molecule has 0 radical (unpaired) electrons. The molecule has 0 spiro atoms. The maximum Gasteiger partial charge on any atom is 0.309 e. The molecule has 0 heterocycles. The molecule has 70 valence electrons. The molecule has 0 bridgehead atoms. The first kappa shape index (κ1) is 9.56. The van der Waals surface area contributed by atoms with Crippen LogP contribution >= 0.6 is 0 Å². The van der Waals surface area contributed by atoms with Crippen LogP contribution in [0.1, 0.15) is 46.0 Å². The van der Waals surface area contributed by atoms with Crippen LogP contribution in [0.2, 0.25) is 0 Å². The first-order valence-corrected chi connectivity index (χ1v) is 4.84. The van der Waals surface area contributed by atoms with E-state index in [1.165, 1.54) is 6.42 Å². The Hall–Kier alpha value is -0.530. The highest BCUT2D eigenvalue weighted by Gasteiger charge is 2.39. The molecule has 1 fully saturated rings. The lowest BCUT2D eigenvalue weighted by atomic mass is 9.68. The Bertz CT molecular complexity index is 177. The Kier molecular flexibility index (Phi) is 2.76. The first-order valence-electron chi connectivity index (χ1n) is 4.84. The number of rotatable bonds is 2. The molecule has 0 aromatic rings. The highest BCUT2D eigenvalue weighted by Crippen LogP contribution is 2.41. The summed E-state index contributed by atoms with van der Waals surface area (Å²) in [6.45, 7) is 4.15. The van der Waals surface area contributed by atoms with Gasteiger partial charge in [0, 0.05) is 0 Å². The van der Waals surface area contributed by atoms with E-state index in [9.17, 15) is 4.79 Å². The smallest absolute Gasteiger partial charge is 0.309 e. The van der Waals surface area contributed by atoms with Gasteiger partial charge in [-0.25, -0.2) is 0 Å². The minimum absolute atomic E-state index is 0.391. The molecule has 2 atom stereocenters. The summed E-state index contributed by atoms with van der Waals surface area (Å²) in [4.78, 5) is 11.1. The third-order valence-corrected chi connectivity index (χ3v) is 3.22. The maximum absolute atomic E-state index is 11.1. The van der Waals surface area contributed by atoms with Gasteiger partial charge < -0.3 is 5.11 Å². The first-order chi connectivity index (χ1) is 5.60. The lowest BCUT2D eigenvalue weighted by molar-refractivity contribution is -0.152. The number of aliphatic carboxylic acids is 1. The summed E-state index contributed by atoms with van der Waals surface area (Å²) in [5.74, 6) is 0.00588. The number of carboxylic acids is 1. The molecule has 1 rings (SSSR count). The molecule has 0 aliphatic heterocycles. The van der Waals surface area contributed by atoms with Gasteiger partial charge in [-0.2, -0.15) is 0 Å². The Morgan fingerprint density at radius 2 is 2.33 bits per heavy atom. The minimum Gasteiger partial charge on any atom is -0.481 e. The highest BCUT2D eigenvalue weighted by molar-refractivity contribution is 5.74. The van der Waals surface area contributed by atoms with Crippen molar-refractivity contribution >= 4 is 5.97 Å². The van der Waals surface area contributed by atoms with Gasteiger partial charge in [0.15, 0.2) is 0 Å². The van der Waals surface area contributed by atoms with E-state index in [0.29, 0.717) is 5.92 Å². The summed E-state index contributed by atoms with van der Waals surface area (Å²) < 4.78 is 0. The fourth-order valence-electron chi connectivity index (χ4n) is 2.33. The molecule has 0 amide bonds. The third-order valence-electron chi connectivity index (χ3n) is 3.22. The average Bonchev–Trinajstić information content (AvgIpc) is 2.04. The Balaban J connectivity index is 2.71. The molecule has 1 aliphatic carbocycles. The summed E-state index contributed by atoms with van der Waals surface area (Å²) in [5.41, 5.74) is -0.391. The minimum atomic E-state index is -0.587. The Morgan fingerprint density at radius 1 is 1.67 bits per heavy atom. The van der Waals surface area contributed by atoms with Crippen LogP contribution in [-0.4, -0.2) is 11.1 Å². The van der Waals surface area contributed by atoms with Crippen molar-refractivity contribution in [1.82, 2.24) is 0 Å². The van der Waals surface area contributed by atoms with Crippen LogP contribution in [0.5, 0.6) is 0 Å². The zero-order valence-electron chi connectivity index (χ0n) is 7.97. The molecule has 1 saturated carbocycles. The van der Waals surface area contributed by atoms with E-state index in [0.717, 1.165) is 25.7 Å². The SMILES string of the molecule is CCC1(C(=O)O)CCCC(C)C1. The molecule has 0 aromatic carbocycles. The van der Waals surface area contributed by atoms with E-state index in [4.69, 9.17) is 5.11 Å². The summed E-state index contributed by atoms with van der Waals surface area (Å²) >= 11 is 0. The van der Waals surface area contributed by atoms with Crippen molar-refractivity contribution in [2.24, 2.45) is 11.3 Å². The fourth-order valence-corrected chi connectivity index (χ4v) is 2.33. The van der Waals surface area contributed by atoms with Gasteiger partial charge in [-0.3, -0.25) is 4.79 Å². The van der Waals surface area contributed by atoms with E-state index in [-0.39, 0.29) is 0 Å².